The van der Waals surface area contributed by atoms with E-state index in [4.69, 9.17) is 4.74 Å². The third-order valence-electron chi connectivity index (χ3n) is 2.75. The Morgan fingerprint density at radius 2 is 1.88 bits per heavy atom. The summed E-state index contributed by atoms with van der Waals surface area (Å²) in [4.78, 5) is 11.6. The number of esters is 1. The molecule has 2 nitrogen and oxygen atoms in total. The molecular formula is C14H20O2. The maximum atomic E-state index is 11.6. The Hall–Kier alpha value is -1.31. The molecule has 1 aromatic rings. The van der Waals surface area contributed by atoms with Crippen LogP contribution in [0.1, 0.15) is 45.1 Å². The van der Waals surface area contributed by atoms with Crippen molar-refractivity contribution in [3.8, 4) is 0 Å². The van der Waals surface area contributed by atoms with Crippen molar-refractivity contribution in [2.75, 3.05) is 0 Å². The number of hydrogen-bond donors (Lipinski definition) is 0. The van der Waals surface area contributed by atoms with Crippen LogP contribution in [0.5, 0.6) is 0 Å². The highest BCUT2D eigenvalue weighted by Gasteiger charge is 2.13. The normalized spacial score (nSPS) is 14.2. The van der Waals surface area contributed by atoms with Gasteiger partial charge < -0.3 is 4.74 Å². The van der Waals surface area contributed by atoms with Crippen molar-refractivity contribution >= 4 is 5.97 Å². The number of rotatable bonds is 5. The quantitative estimate of drug-likeness (QED) is 0.710. The molecule has 2 heteroatoms. The molecule has 0 aliphatic heterocycles. The number of ether oxygens (including phenoxy) is 1. The molecule has 88 valence electrons. The van der Waals surface area contributed by atoms with Crippen LogP contribution >= 0.6 is 0 Å². The molecule has 0 aromatic heterocycles. The van der Waals surface area contributed by atoms with E-state index in [1.807, 2.05) is 51.1 Å². The number of hydrogen-bond acceptors (Lipinski definition) is 2. The van der Waals surface area contributed by atoms with Crippen molar-refractivity contribution in [2.24, 2.45) is 0 Å². The summed E-state index contributed by atoms with van der Waals surface area (Å²) in [7, 11) is 0. The summed E-state index contributed by atoms with van der Waals surface area (Å²) in [6.45, 7) is 5.98. The van der Waals surface area contributed by atoms with E-state index >= 15 is 0 Å². The monoisotopic (exact) mass is 220 g/mol. The van der Waals surface area contributed by atoms with Gasteiger partial charge in [-0.05, 0) is 24.8 Å². The molecule has 0 bridgehead atoms. The molecule has 0 aliphatic rings. The Morgan fingerprint density at radius 3 is 2.44 bits per heavy atom. The second-order valence-electron chi connectivity index (χ2n) is 4.22. The summed E-state index contributed by atoms with van der Waals surface area (Å²) < 4.78 is 5.25. The Labute approximate surface area is 97.6 Å². The van der Waals surface area contributed by atoms with Crippen LogP contribution in [-0.2, 0) is 9.53 Å². The van der Waals surface area contributed by atoms with Gasteiger partial charge in [0.25, 0.3) is 0 Å². The standard InChI is InChI=1S/C14H20O2/c1-4-12(3)16-14(15)10-11(2)13-8-6-5-7-9-13/h5-9,11-12H,4,10H2,1-3H3/t11-,12+/m1/s1. The van der Waals surface area contributed by atoms with Gasteiger partial charge in [-0.2, -0.15) is 0 Å². The van der Waals surface area contributed by atoms with Crippen LogP contribution < -0.4 is 0 Å². The minimum absolute atomic E-state index is 0.0236. The number of carbonyl (C=O) groups excluding carboxylic acids is 1. The molecule has 0 spiro atoms. The molecule has 0 unspecified atom stereocenters. The fraction of sp³-hybridized carbons (Fsp3) is 0.500. The molecule has 0 aliphatic carbocycles. The SMILES string of the molecule is CC[C@H](C)OC(=O)C[C@@H](C)c1ccccc1. The molecule has 0 saturated heterocycles. The van der Waals surface area contributed by atoms with Gasteiger partial charge >= 0.3 is 5.97 Å². The number of benzene rings is 1. The van der Waals surface area contributed by atoms with Gasteiger partial charge in [-0.15, -0.1) is 0 Å². The zero-order valence-corrected chi connectivity index (χ0v) is 10.3. The lowest BCUT2D eigenvalue weighted by Gasteiger charge is -2.14. The fourth-order valence-corrected chi connectivity index (χ4v) is 1.51. The van der Waals surface area contributed by atoms with Gasteiger partial charge in [0.05, 0.1) is 12.5 Å². The van der Waals surface area contributed by atoms with E-state index in [9.17, 15) is 4.79 Å². The maximum absolute atomic E-state index is 11.6. The van der Waals surface area contributed by atoms with Gasteiger partial charge in [0.1, 0.15) is 0 Å². The van der Waals surface area contributed by atoms with Crippen LogP contribution in [0, 0.1) is 0 Å². The fourth-order valence-electron chi connectivity index (χ4n) is 1.51. The zero-order chi connectivity index (χ0) is 12.0. The summed E-state index contributed by atoms with van der Waals surface area (Å²) in [5, 5.41) is 0. The predicted molar refractivity (Wildman–Crippen MR) is 65.3 cm³/mol. The van der Waals surface area contributed by atoms with Crippen molar-refractivity contribution in [1.29, 1.82) is 0 Å². The first-order valence-corrected chi connectivity index (χ1v) is 5.88. The molecule has 2 atom stereocenters. The average Bonchev–Trinajstić information content (AvgIpc) is 2.29. The van der Waals surface area contributed by atoms with Crippen LogP contribution in [0.3, 0.4) is 0 Å². The minimum Gasteiger partial charge on any atom is -0.463 e. The Bertz CT molecular complexity index is 319. The Morgan fingerprint density at radius 1 is 1.25 bits per heavy atom. The second-order valence-corrected chi connectivity index (χ2v) is 4.22. The van der Waals surface area contributed by atoms with E-state index < -0.39 is 0 Å². The van der Waals surface area contributed by atoms with Crippen molar-refractivity contribution in [3.63, 3.8) is 0 Å². The van der Waals surface area contributed by atoms with Crippen LogP contribution in [-0.4, -0.2) is 12.1 Å². The molecular weight excluding hydrogens is 200 g/mol. The van der Waals surface area contributed by atoms with Crippen molar-refractivity contribution in [2.45, 2.75) is 45.6 Å². The number of carbonyl (C=O) groups is 1. The second kappa shape index (κ2) is 6.31. The van der Waals surface area contributed by atoms with Gasteiger partial charge in [-0.25, -0.2) is 0 Å². The highest BCUT2D eigenvalue weighted by molar-refractivity contribution is 5.70. The molecule has 1 rings (SSSR count). The van der Waals surface area contributed by atoms with E-state index in [1.54, 1.807) is 0 Å². The third kappa shape index (κ3) is 4.05. The highest BCUT2D eigenvalue weighted by atomic mass is 16.5. The minimum atomic E-state index is -0.106. The zero-order valence-electron chi connectivity index (χ0n) is 10.3. The first kappa shape index (κ1) is 12.8. The van der Waals surface area contributed by atoms with Gasteiger partial charge in [0.2, 0.25) is 0 Å². The smallest absolute Gasteiger partial charge is 0.306 e. The summed E-state index contributed by atoms with van der Waals surface area (Å²) in [5.41, 5.74) is 1.18. The van der Waals surface area contributed by atoms with E-state index in [0.717, 1.165) is 6.42 Å². The molecule has 0 fully saturated rings. The molecule has 0 saturated carbocycles. The summed E-state index contributed by atoms with van der Waals surface area (Å²) in [6.07, 6.45) is 1.34. The van der Waals surface area contributed by atoms with E-state index in [0.29, 0.717) is 6.42 Å². The Kier molecular flexibility index (Phi) is 5.03. The topological polar surface area (TPSA) is 26.3 Å². The molecule has 16 heavy (non-hydrogen) atoms. The molecule has 1 aromatic carbocycles. The van der Waals surface area contributed by atoms with Gasteiger partial charge in [0.15, 0.2) is 0 Å². The van der Waals surface area contributed by atoms with E-state index in [2.05, 4.69) is 0 Å². The largest absolute Gasteiger partial charge is 0.463 e. The summed E-state index contributed by atoms with van der Waals surface area (Å²) in [5.74, 6) is 0.114. The van der Waals surface area contributed by atoms with Gasteiger partial charge in [0, 0.05) is 0 Å². The van der Waals surface area contributed by atoms with Crippen LogP contribution in [0.4, 0.5) is 0 Å². The average molecular weight is 220 g/mol. The molecule has 0 N–H and O–H groups in total. The first-order valence-electron chi connectivity index (χ1n) is 5.88. The molecule has 0 radical (unpaired) electrons. The van der Waals surface area contributed by atoms with Gasteiger partial charge in [-0.3, -0.25) is 4.79 Å². The van der Waals surface area contributed by atoms with Crippen molar-refractivity contribution in [3.05, 3.63) is 35.9 Å². The van der Waals surface area contributed by atoms with Crippen molar-refractivity contribution < 1.29 is 9.53 Å². The van der Waals surface area contributed by atoms with Crippen LogP contribution in [0.25, 0.3) is 0 Å². The third-order valence-corrected chi connectivity index (χ3v) is 2.75. The highest BCUT2D eigenvalue weighted by Crippen LogP contribution is 2.19. The maximum Gasteiger partial charge on any atom is 0.306 e. The Balaban J connectivity index is 2.46. The molecule has 0 amide bonds. The summed E-state index contributed by atoms with van der Waals surface area (Å²) >= 11 is 0. The lowest BCUT2D eigenvalue weighted by molar-refractivity contribution is -0.148. The van der Waals surface area contributed by atoms with Crippen LogP contribution in [0.15, 0.2) is 30.3 Å². The lowest BCUT2D eigenvalue weighted by atomic mass is 9.98. The lowest BCUT2D eigenvalue weighted by Crippen LogP contribution is -2.15. The van der Waals surface area contributed by atoms with E-state index in [-0.39, 0.29) is 18.0 Å². The van der Waals surface area contributed by atoms with Crippen molar-refractivity contribution in [1.82, 2.24) is 0 Å². The summed E-state index contributed by atoms with van der Waals surface area (Å²) in [6, 6.07) is 10.0. The predicted octanol–water partition coefficient (Wildman–Crippen LogP) is 3.52. The van der Waals surface area contributed by atoms with Crippen LogP contribution in [0.2, 0.25) is 0 Å². The molecule has 0 heterocycles. The van der Waals surface area contributed by atoms with Gasteiger partial charge in [-0.1, -0.05) is 44.2 Å². The first-order chi connectivity index (χ1) is 7.63. The van der Waals surface area contributed by atoms with E-state index in [1.165, 1.54) is 5.56 Å².